The molecular formula is C29H38ClFN4O2. The van der Waals surface area contributed by atoms with Crippen molar-refractivity contribution in [2.24, 2.45) is 5.92 Å². The Balaban J connectivity index is 1.23. The van der Waals surface area contributed by atoms with Crippen LogP contribution in [-0.2, 0) is 16.1 Å². The Morgan fingerprint density at radius 3 is 2.43 bits per heavy atom. The summed E-state index contributed by atoms with van der Waals surface area (Å²) in [4.78, 5) is 22.2. The number of piperazine rings is 1. The van der Waals surface area contributed by atoms with Gasteiger partial charge in [0.15, 0.2) is 0 Å². The third-order valence-electron chi connectivity index (χ3n) is 8.20. The Bertz CT molecular complexity index is 1040. The number of benzene rings is 2. The minimum atomic E-state index is -0.150. The molecule has 2 aromatic carbocycles. The molecule has 0 N–H and O–H groups in total. The van der Waals surface area contributed by atoms with Gasteiger partial charge in [0.2, 0.25) is 5.91 Å². The molecule has 200 valence electrons. The number of hydrogen-bond acceptors (Lipinski definition) is 5. The van der Waals surface area contributed by atoms with Crippen molar-refractivity contribution in [3.63, 3.8) is 0 Å². The predicted octanol–water partition coefficient (Wildman–Crippen LogP) is 4.13. The Morgan fingerprint density at radius 1 is 0.946 bits per heavy atom. The van der Waals surface area contributed by atoms with E-state index in [1.54, 1.807) is 6.07 Å². The number of rotatable bonds is 7. The van der Waals surface area contributed by atoms with Crippen molar-refractivity contribution in [1.82, 2.24) is 14.7 Å². The average molecular weight is 529 g/mol. The van der Waals surface area contributed by atoms with Crippen molar-refractivity contribution < 1.29 is 13.9 Å². The van der Waals surface area contributed by atoms with E-state index in [9.17, 15) is 9.18 Å². The lowest BCUT2D eigenvalue weighted by atomic mass is 9.86. The van der Waals surface area contributed by atoms with Gasteiger partial charge >= 0.3 is 0 Å². The lowest BCUT2D eigenvalue weighted by Crippen LogP contribution is -2.57. The van der Waals surface area contributed by atoms with Gasteiger partial charge in [0.1, 0.15) is 5.82 Å². The SMILES string of the molecule is O=C(CC[C@@H]1CN(Cc2ccccc2Cl)CC[C@@H]1N1CCN(c2ccccc2F)CC1)N1CCOCC1. The maximum Gasteiger partial charge on any atom is 0.222 e. The van der Waals surface area contributed by atoms with Gasteiger partial charge in [0, 0.05) is 69.8 Å². The van der Waals surface area contributed by atoms with Crippen molar-refractivity contribution in [1.29, 1.82) is 0 Å². The lowest BCUT2D eigenvalue weighted by molar-refractivity contribution is -0.135. The maximum absolute atomic E-state index is 14.4. The Kier molecular flexibility index (Phi) is 8.98. The van der Waals surface area contributed by atoms with E-state index in [1.165, 1.54) is 6.07 Å². The van der Waals surface area contributed by atoms with Gasteiger partial charge in [-0.05, 0) is 49.1 Å². The van der Waals surface area contributed by atoms with E-state index in [1.807, 2.05) is 35.2 Å². The molecule has 5 rings (SSSR count). The van der Waals surface area contributed by atoms with E-state index in [4.69, 9.17) is 16.3 Å². The molecule has 0 saturated carbocycles. The Labute approximate surface area is 224 Å². The number of morpholine rings is 1. The first kappa shape index (κ1) is 26.4. The molecule has 0 unspecified atom stereocenters. The molecule has 2 atom stereocenters. The smallest absolute Gasteiger partial charge is 0.222 e. The van der Waals surface area contributed by atoms with Crippen LogP contribution < -0.4 is 4.90 Å². The fourth-order valence-electron chi connectivity index (χ4n) is 6.15. The van der Waals surface area contributed by atoms with E-state index in [0.29, 0.717) is 50.4 Å². The third-order valence-corrected chi connectivity index (χ3v) is 8.57. The molecule has 37 heavy (non-hydrogen) atoms. The second-order valence-corrected chi connectivity index (χ2v) is 10.9. The summed E-state index contributed by atoms with van der Waals surface area (Å²) in [5, 5.41) is 0.813. The minimum absolute atomic E-state index is 0.150. The number of anilines is 1. The highest BCUT2D eigenvalue weighted by atomic mass is 35.5. The van der Waals surface area contributed by atoms with E-state index in [2.05, 4.69) is 20.8 Å². The number of carbonyl (C=O) groups is 1. The molecule has 6 nitrogen and oxygen atoms in total. The van der Waals surface area contributed by atoms with E-state index in [0.717, 1.165) is 69.2 Å². The van der Waals surface area contributed by atoms with Crippen LogP contribution in [0.15, 0.2) is 48.5 Å². The van der Waals surface area contributed by atoms with Crippen LogP contribution in [0, 0.1) is 11.7 Å². The second-order valence-electron chi connectivity index (χ2n) is 10.4. The highest BCUT2D eigenvalue weighted by Gasteiger charge is 2.35. The van der Waals surface area contributed by atoms with Crippen molar-refractivity contribution in [3.8, 4) is 0 Å². The van der Waals surface area contributed by atoms with Crippen LogP contribution in [0.4, 0.5) is 10.1 Å². The van der Waals surface area contributed by atoms with Gasteiger partial charge in [0.25, 0.3) is 0 Å². The molecule has 0 bridgehead atoms. The zero-order valence-corrected chi connectivity index (χ0v) is 22.3. The van der Waals surface area contributed by atoms with Gasteiger partial charge in [-0.25, -0.2) is 4.39 Å². The van der Waals surface area contributed by atoms with Gasteiger partial charge in [-0.3, -0.25) is 14.6 Å². The molecule has 8 heteroatoms. The first-order valence-corrected chi connectivity index (χ1v) is 14.0. The summed E-state index contributed by atoms with van der Waals surface area (Å²) in [6, 6.07) is 15.6. The van der Waals surface area contributed by atoms with Crippen LogP contribution in [-0.4, -0.2) is 92.2 Å². The first-order chi connectivity index (χ1) is 18.1. The summed E-state index contributed by atoms with van der Waals surface area (Å²) in [5.74, 6) is 0.499. The molecule has 1 amide bonds. The van der Waals surface area contributed by atoms with Crippen molar-refractivity contribution in [2.75, 3.05) is 70.5 Å². The molecule has 3 saturated heterocycles. The van der Waals surface area contributed by atoms with Gasteiger partial charge in [-0.1, -0.05) is 41.9 Å². The Morgan fingerprint density at radius 2 is 1.68 bits per heavy atom. The predicted molar refractivity (Wildman–Crippen MR) is 145 cm³/mol. The molecule has 3 fully saturated rings. The summed E-state index contributed by atoms with van der Waals surface area (Å²) >= 11 is 6.47. The summed E-state index contributed by atoms with van der Waals surface area (Å²) in [6.07, 6.45) is 2.53. The number of likely N-dealkylation sites (tertiary alicyclic amines) is 1. The Hall–Kier alpha value is -2.19. The molecule has 0 aromatic heterocycles. The van der Waals surface area contributed by atoms with E-state index >= 15 is 0 Å². The fourth-order valence-corrected chi connectivity index (χ4v) is 6.35. The summed E-state index contributed by atoms with van der Waals surface area (Å²) < 4.78 is 19.8. The van der Waals surface area contributed by atoms with Crippen LogP contribution in [0.1, 0.15) is 24.8 Å². The summed E-state index contributed by atoms with van der Waals surface area (Å²) in [6.45, 7) is 8.94. The number of para-hydroxylation sites is 1. The van der Waals surface area contributed by atoms with Gasteiger partial charge in [0.05, 0.1) is 18.9 Å². The van der Waals surface area contributed by atoms with E-state index in [-0.39, 0.29) is 11.7 Å². The fraction of sp³-hybridized carbons (Fsp3) is 0.552. The van der Waals surface area contributed by atoms with E-state index < -0.39 is 0 Å². The topological polar surface area (TPSA) is 39.3 Å². The highest BCUT2D eigenvalue weighted by molar-refractivity contribution is 6.31. The van der Waals surface area contributed by atoms with Crippen LogP contribution in [0.3, 0.4) is 0 Å². The number of amides is 1. The van der Waals surface area contributed by atoms with Crippen LogP contribution in [0.2, 0.25) is 5.02 Å². The largest absolute Gasteiger partial charge is 0.378 e. The second kappa shape index (κ2) is 12.6. The number of nitrogens with zero attached hydrogens (tertiary/aromatic N) is 4. The number of ether oxygens (including phenoxy) is 1. The highest BCUT2D eigenvalue weighted by Crippen LogP contribution is 2.30. The van der Waals surface area contributed by atoms with Crippen molar-refractivity contribution in [3.05, 3.63) is 64.9 Å². The molecule has 3 aliphatic heterocycles. The van der Waals surface area contributed by atoms with Gasteiger partial charge < -0.3 is 14.5 Å². The maximum atomic E-state index is 14.4. The van der Waals surface area contributed by atoms with Crippen molar-refractivity contribution in [2.45, 2.75) is 31.8 Å². The zero-order valence-electron chi connectivity index (χ0n) is 21.5. The number of piperidine rings is 1. The van der Waals surface area contributed by atoms with Crippen LogP contribution in [0.5, 0.6) is 0 Å². The van der Waals surface area contributed by atoms with Gasteiger partial charge in [-0.15, -0.1) is 0 Å². The molecule has 2 aromatic rings. The first-order valence-electron chi connectivity index (χ1n) is 13.6. The summed E-state index contributed by atoms with van der Waals surface area (Å²) in [7, 11) is 0. The normalized spacial score (nSPS) is 23.8. The lowest BCUT2D eigenvalue weighted by Gasteiger charge is -2.47. The molecule has 0 radical (unpaired) electrons. The van der Waals surface area contributed by atoms with Gasteiger partial charge in [-0.2, -0.15) is 0 Å². The quantitative estimate of drug-likeness (QED) is 0.540. The zero-order chi connectivity index (χ0) is 25.6. The minimum Gasteiger partial charge on any atom is -0.378 e. The van der Waals surface area contributed by atoms with Crippen molar-refractivity contribution >= 4 is 23.2 Å². The molecule has 0 aliphatic carbocycles. The van der Waals surface area contributed by atoms with Crippen LogP contribution in [0.25, 0.3) is 0 Å². The number of halogens is 2. The average Bonchev–Trinajstić information content (AvgIpc) is 2.94. The third kappa shape index (κ3) is 6.63. The van der Waals surface area contributed by atoms with Crippen LogP contribution >= 0.6 is 11.6 Å². The molecule has 0 spiro atoms. The molecule has 3 aliphatic rings. The molecular weight excluding hydrogens is 491 g/mol. The summed E-state index contributed by atoms with van der Waals surface area (Å²) in [5.41, 5.74) is 1.86. The molecule has 3 heterocycles. The monoisotopic (exact) mass is 528 g/mol. The number of hydrogen-bond donors (Lipinski definition) is 0. The number of carbonyl (C=O) groups excluding carboxylic acids is 1. The standard InChI is InChI=1S/C29H38ClFN4O2/c30-25-6-2-1-5-23(25)21-32-12-11-27(24(22-32)9-10-29(36)35-17-19-37-20-18-35)33-13-15-34(16-14-33)28-8-4-3-7-26(28)31/h1-8,24,27H,9-22H2/t24-,27+/m1/s1.